The molecule has 5 heteroatoms. The summed E-state index contributed by atoms with van der Waals surface area (Å²) in [5.74, 6) is 2.20. The molecule has 5 nitrogen and oxygen atoms in total. The minimum atomic E-state index is 0.718. The molecule has 0 amide bonds. The second-order valence-electron chi connectivity index (χ2n) is 4.78. The molecule has 17 heavy (non-hydrogen) atoms. The summed E-state index contributed by atoms with van der Waals surface area (Å²) in [6.07, 6.45) is 2.62. The largest absolute Gasteiger partial charge is 0.338 e. The molecule has 0 aromatic carbocycles. The van der Waals surface area contributed by atoms with Gasteiger partial charge in [0.05, 0.1) is 6.54 Å². The Labute approximate surface area is 103 Å². The smallest absolute Gasteiger partial charge is 0.240 e. The van der Waals surface area contributed by atoms with Gasteiger partial charge in [-0.25, -0.2) is 0 Å². The van der Waals surface area contributed by atoms with E-state index in [1.165, 1.54) is 19.4 Å². The van der Waals surface area contributed by atoms with Crippen molar-refractivity contribution in [1.82, 2.24) is 20.4 Å². The Kier molecular flexibility index (Phi) is 4.50. The minimum Gasteiger partial charge on any atom is -0.338 e. The van der Waals surface area contributed by atoms with Crippen LogP contribution in [0.2, 0.25) is 0 Å². The maximum absolute atomic E-state index is 5.17. The molecular weight excluding hydrogens is 216 g/mol. The highest BCUT2D eigenvalue weighted by Gasteiger charge is 2.17. The van der Waals surface area contributed by atoms with E-state index in [0.29, 0.717) is 0 Å². The molecule has 1 unspecified atom stereocenters. The standard InChI is InChI=1S/C12H22N4O/c1-3-16(8-11-5-4-6-13-7-11)9-12-14-10(2)15-17-12/h11,13H,3-9H2,1-2H3. The van der Waals surface area contributed by atoms with Crippen LogP contribution in [0.5, 0.6) is 0 Å². The third-order valence-electron chi connectivity index (χ3n) is 3.29. The lowest BCUT2D eigenvalue weighted by atomic mass is 9.99. The molecule has 1 atom stereocenters. The van der Waals surface area contributed by atoms with Crippen LogP contribution >= 0.6 is 0 Å². The summed E-state index contributed by atoms with van der Waals surface area (Å²) in [5, 5.41) is 7.28. The Balaban J connectivity index is 1.83. The van der Waals surface area contributed by atoms with Crippen LogP contribution in [0, 0.1) is 12.8 Å². The first-order valence-electron chi connectivity index (χ1n) is 6.50. The highest BCUT2D eigenvalue weighted by atomic mass is 16.5. The molecule has 1 aliphatic heterocycles. The lowest BCUT2D eigenvalue weighted by Gasteiger charge is -2.28. The number of nitrogens with zero attached hydrogens (tertiary/aromatic N) is 3. The molecule has 1 fully saturated rings. The summed E-state index contributed by atoms with van der Waals surface area (Å²) in [6.45, 7) is 9.26. The van der Waals surface area contributed by atoms with Crippen molar-refractivity contribution in [3.05, 3.63) is 11.7 Å². The molecule has 1 N–H and O–H groups in total. The molecular formula is C12H22N4O. The number of aryl methyl sites for hydroxylation is 1. The summed E-state index contributed by atoms with van der Waals surface area (Å²) in [7, 11) is 0. The highest BCUT2D eigenvalue weighted by molar-refractivity contribution is 4.83. The van der Waals surface area contributed by atoms with Gasteiger partial charge in [0.1, 0.15) is 0 Å². The van der Waals surface area contributed by atoms with Gasteiger partial charge in [-0.15, -0.1) is 0 Å². The van der Waals surface area contributed by atoms with Crippen molar-refractivity contribution in [2.75, 3.05) is 26.2 Å². The number of nitrogens with one attached hydrogen (secondary N) is 1. The topological polar surface area (TPSA) is 54.2 Å². The fraction of sp³-hybridized carbons (Fsp3) is 0.833. The summed E-state index contributed by atoms with van der Waals surface area (Å²) >= 11 is 0. The SMILES string of the molecule is CCN(Cc1nc(C)no1)CC1CCCNC1. The van der Waals surface area contributed by atoms with Crippen molar-refractivity contribution in [3.63, 3.8) is 0 Å². The Morgan fingerprint density at radius 3 is 3.00 bits per heavy atom. The van der Waals surface area contributed by atoms with E-state index >= 15 is 0 Å². The number of piperidine rings is 1. The number of hydrogen-bond donors (Lipinski definition) is 1. The van der Waals surface area contributed by atoms with Gasteiger partial charge >= 0.3 is 0 Å². The molecule has 96 valence electrons. The highest BCUT2D eigenvalue weighted by Crippen LogP contribution is 2.13. The number of aromatic nitrogens is 2. The molecule has 1 aliphatic rings. The molecule has 2 heterocycles. The quantitative estimate of drug-likeness (QED) is 0.835. The molecule has 1 saturated heterocycles. The van der Waals surface area contributed by atoms with Crippen LogP contribution in [0.4, 0.5) is 0 Å². The van der Waals surface area contributed by atoms with Gasteiger partial charge in [-0.2, -0.15) is 4.98 Å². The van der Waals surface area contributed by atoms with Crippen molar-refractivity contribution in [1.29, 1.82) is 0 Å². The third kappa shape index (κ3) is 3.78. The Hall–Kier alpha value is -0.940. The minimum absolute atomic E-state index is 0.718. The Morgan fingerprint density at radius 2 is 2.41 bits per heavy atom. The van der Waals surface area contributed by atoms with Crippen LogP contribution < -0.4 is 5.32 Å². The van der Waals surface area contributed by atoms with Crippen molar-refractivity contribution in [3.8, 4) is 0 Å². The van der Waals surface area contributed by atoms with Gasteiger partial charge < -0.3 is 9.84 Å². The monoisotopic (exact) mass is 238 g/mol. The van der Waals surface area contributed by atoms with E-state index in [-0.39, 0.29) is 0 Å². The first-order chi connectivity index (χ1) is 8.28. The van der Waals surface area contributed by atoms with Crippen molar-refractivity contribution >= 4 is 0 Å². The maximum atomic E-state index is 5.17. The molecule has 1 aromatic rings. The van der Waals surface area contributed by atoms with Crippen molar-refractivity contribution in [2.45, 2.75) is 33.2 Å². The van der Waals surface area contributed by atoms with E-state index in [1.807, 2.05) is 6.92 Å². The van der Waals surface area contributed by atoms with Crippen LogP contribution in [0.3, 0.4) is 0 Å². The molecule has 0 bridgehead atoms. The average molecular weight is 238 g/mol. The molecule has 0 spiro atoms. The molecule has 2 rings (SSSR count). The molecule has 0 aliphatic carbocycles. The van der Waals surface area contributed by atoms with Gasteiger partial charge in [0.2, 0.25) is 5.89 Å². The molecule has 1 aromatic heterocycles. The zero-order chi connectivity index (χ0) is 12.1. The van der Waals surface area contributed by atoms with E-state index in [0.717, 1.165) is 43.8 Å². The molecule has 0 saturated carbocycles. The van der Waals surface area contributed by atoms with Gasteiger partial charge in [0.25, 0.3) is 0 Å². The third-order valence-corrected chi connectivity index (χ3v) is 3.29. The zero-order valence-corrected chi connectivity index (χ0v) is 10.8. The van der Waals surface area contributed by atoms with Gasteiger partial charge in [-0.3, -0.25) is 4.90 Å². The number of rotatable bonds is 5. The van der Waals surface area contributed by atoms with Crippen molar-refractivity contribution < 1.29 is 4.52 Å². The summed E-state index contributed by atoms with van der Waals surface area (Å²) in [6, 6.07) is 0. The summed E-state index contributed by atoms with van der Waals surface area (Å²) in [5.41, 5.74) is 0. The summed E-state index contributed by atoms with van der Waals surface area (Å²) < 4.78 is 5.17. The fourth-order valence-corrected chi connectivity index (χ4v) is 2.35. The zero-order valence-electron chi connectivity index (χ0n) is 10.8. The second-order valence-corrected chi connectivity index (χ2v) is 4.78. The first kappa shape index (κ1) is 12.5. The Morgan fingerprint density at radius 1 is 1.53 bits per heavy atom. The number of hydrogen-bond acceptors (Lipinski definition) is 5. The van der Waals surface area contributed by atoms with E-state index in [1.54, 1.807) is 0 Å². The van der Waals surface area contributed by atoms with E-state index in [4.69, 9.17) is 4.52 Å². The van der Waals surface area contributed by atoms with Crippen LogP contribution in [0.1, 0.15) is 31.5 Å². The van der Waals surface area contributed by atoms with Gasteiger partial charge in [0, 0.05) is 6.54 Å². The average Bonchev–Trinajstić information content (AvgIpc) is 2.75. The van der Waals surface area contributed by atoms with E-state index in [9.17, 15) is 0 Å². The first-order valence-corrected chi connectivity index (χ1v) is 6.50. The molecule has 0 radical (unpaired) electrons. The Bertz CT molecular complexity index is 333. The van der Waals surface area contributed by atoms with E-state index < -0.39 is 0 Å². The van der Waals surface area contributed by atoms with Crippen LogP contribution in [0.25, 0.3) is 0 Å². The fourth-order valence-electron chi connectivity index (χ4n) is 2.35. The predicted octanol–water partition coefficient (Wildman–Crippen LogP) is 1.20. The lowest BCUT2D eigenvalue weighted by Crippen LogP contribution is -2.38. The van der Waals surface area contributed by atoms with Gasteiger partial charge in [0.15, 0.2) is 5.82 Å². The van der Waals surface area contributed by atoms with Crippen LogP contribution in [0.15, 0.2) is 4.52 Å². The lowest BCUT2D eigenvalue weighted by molar-refractivity contribution is 0.187. The van der Waals surface area contributed by atoms with Crippen LogP contribution in [-0.4, -0.2) is 41.2 Å². The van der Waals surface area contributed by atoms with E-state index in [2.05, 4.69) is 27.3 Å². The summed E-state index contributed by atoms with van der Waals surface area (Å²) in [4.78, 5) is 6.64. The maximum Gasteiger partial charge on any atom is 0.240 e. The normalized spacial score (nSPS) is 21.0. The van der Waals surface area contributed by atoms with Gasteiger partial charge in [-0.05, 0) is 45.3 Å². The van der Waals surface area contributed by atoms with Gasteiger partial charge in [-0.1, -0.05) is 12.1 Å². The van der Waals surface area contributed by atoms with Crippen LogP contribution in [-0.2, 0) is 6.54 Å². The predicted molar refractivity (Wildman–Crippen MR) is 65.6 cm³/mol. The second kappa shape index (κ2) is 6.12. The van der Waals surface area contributed by atoms with Crippen molar-refractivity contribution in [2.24, 2.45) is 5.92 Å².